The fourth-order valence-electron chi connectivity index (χ4n) is 2.01. The van der Waals surface area contributed by atoms with Crippen LogP contribution in [0.15, 0.2) is 48.2 Å². The third-order valence-electron chi connectivity index (χ3n) is 3.06. The van der Waals surface area contributed by atoms with E-state index in [0.29, 0.717) is 22.5 Å². The minimum atomic E-state index is -2.51. The van der Waals surface area contributed by atoms with Gasteiger partial charge in [-0.25, -0.2) is 8.78 Å². The Balaban J connectivity index is 0.00000242. The second-order valence-corrected chi connectivity index (χ2v) is 4.37. The molecule has 0 atom stereocenters. The molecule has 0 spiro atoms. The largest absolute Gasteiger partial charge is 0.369 e. The molecule has 0 saturated carbocycles. The van der Waals surface area contributed by atoms with Crippen LogP contribution in [0.4, 0.5) is 8.78 Å². The Labute approximate surface area is 154 Å². The number of rotatable bonds is 3. The molecule has 1 aliphatic heterocycles. The molecule has 0 N–H and O–H groups in total. The minimum Gasteiger partial charge on any atom is -0.369 e. The zero-order valence-electron chi connectivity index (χ0n) is 11.8. The van der Waals surface area contributed by atoms with E-state index in [-0.39, 0.29) is 32.7 Å². The molecule has 1 aliphatic rings. The Kier molecular flexibility index (Phi) is 6.75. The van der Waals surface area contributed by atoms with Crippen LogP contribution in [0.5, 0.6) is 0 Å². The van der Waals surface area contributed by atoms with Crippen LogP contribution in [0, 0.1) is 30.8 Å². The van der Waals surface area contributed by atoms with Gasteiger partial charge < -0.3 is 4.90 Å². The Morgan fingerprint density at radius 2 is 1.82 bits per heavy atom. The molecule has 22 heavy (non-hydrogen) atoms. The average molecular weight is 369 g/mol. The molecule has 2 rings (SSSR count). The second-order valence-electron chi connectivity index (χ2n) is 4.37. The summed E-state index contributed by atoms with van der Waals surface area (Å²) in [5.41, 5.74) is 2.76. The van der Waals surface area contributed by atoms with Gasteiger partial charge >= 0.3 is 0 Å². The van der Waals surface area contributed by atoms with Crippen molar-refractivity contribution in [3.05, 3.63) is 65.4 Å². The first-order valence-corrected chi connectivity index (χ1v) is 6.19. The molecule has 1 aromatic rings. The first kappa shape index (κ1) is 18.4. The van der Waals surface area contributed by atoms with Crippen LogP contribution in [0.1, 0.15) is 11.1 Å². The molecule has 0 aliphatic carbocycles. The van der Waals surface area contributed by atoms with Crippen molar-refractivity contribution in [2.24, 2.45) is 0 Å². The summed E-state index contributed by atoms with van der Waals surface area (Å²) < 4.78 is 25.6. The van der Waals surface area contributed by atoms with Gasteiger partial charge in [0.2, 0.25) is 0 Å². The van der Waals surface area contributed by atoms with E-state index in [4.69, 9.17) is 12.8 Å². The molecule has 0 saturated heterocycles. The van der Waals surface area contributed by atoms with E-state index in [0.717, 1.165) is 5.56 Å². The maximum atomic E-state index is 12.8. The molecule has 1 heterocycles. The molecule has 4 heteroatoms. The molecule has 1 radical (unpaired) electrons. The van der Waals surface area contributed by atoms with E-state index in [1.807, 2.05) is 0 Å². The molecule has 0 unspecified atom stereocenters. The molecular weight excluding hydrogens is 357 g/mol. The minimum absolute atomic E-state index is 0. The molecular formula is C18H12F2NY-. The Bertz CT molecular complexity index is 700. The Hall–Kier alpha value is -1.68. The van der Waals surface area contributed by atoms with E-state index in [2.05, 4.69) is 24.5 Å². The van der Waals surface area contributed by atoms with Crippen molar-refractivity contribution < 1.29 is 41.5 Å². The first-order valence-electron chi connectivity index (χ1n) is 6.19. The zero-order chi connectivity index (χ0) is 15.4. The number of allylic oxidation sites excluding steroid dienone is 3. The standard InChI is InChI=1S/C18H12F2N.Y/c1-4-14-6-8-16(9-7-14)17-11-10-15(5-2)13(3)21(17)12-18(19)20;/h1-2,6-10,18H,3,12H2;/q-1;. The van der Waals surface area contributed by atoms with Gasteiger partial charge in [-0.1, -0.05) is 41.5 Å². The summed E-state index contributed by atoms with van der Waals surface area (Å²) in [5.74, 6) is 4.93. The van der Waals surface area contributed by atoms with Crippen molar-refractivity contribution in [2.45, 2.75) is 6.43 Å². The van der Waals surface area contributed by atoms with Crippen LogP contribution in [0.2, 0.25) is 0 Å². The SMILES string of the molecule is C#CC1=C[C-]=C(c2ccc(C#C)cc2)N(CC(F)F)C1=C.[Y]. The number of benzene rings is 1. The van der Waals surface area contributed by atoms with Crippen LogP contribution in [-0.4, -0.2) is 17.9 Å². The molecule has 0 bridgehead atoms. The number of alkyl halides is 2. The molecule has 1 aromatic carbocycles. The molecule has 107 valence electrons. The fraction of sp³-hybridized carbons (Fsp3) is 0.111. The van der Waals surface area contributed by atoms with Crippen LogP contribution in [0.3, 0.4) is 0 Å². The van der Waals surface area contributed by atoms with E-state index in [1.54, 1.807) is 30.3 Å². The first-order chi connectivity index (χ1) is 10.1. The zero-order valence-corrected chi connectivity index (χ0v) is 14.7. The van der Waals surface area contributed by atoms with Gasteiger partial charge in [-0.05, 0) is 5.70 Å². The van der Waals surface area contributed by atoms with Crippen molar-refractivity contribution in [3.8, 4) is 24.7 Å². The third kappa shape index (κ3) is 3.95. The average Bonchev–Trinajstić information content (AvgIpc) is 2.49. The van der Waals surface area contributed by atoms with Gasteiger partial charge in [-0.15, -0.1) is 30.9 Å². The summed E-state index contributed by atoms with van der Waals surface area (Å²) in [6, 6.07) is 7.01. The van der Waals surface area contributed by atoms with Gasteiger partial charge in [0, 0.05) is 38.3 Å². The van der Waals surface area contributed by atoms with E-state index in [1.165, 1.54) is 4.90 Å². The molecule has 0 fully saturated rings. The van der Waals surface area contributed by atoms with Gasteiger partial charge in [0.05, 0.1) is 6.54 Å². The van der Waals surface area contributed by atoms with E-state index >= 15 is 0 Å². The topological polar surface area (TPSA) is 3.24 Å². The maximum Gasteiger partial charge on any atom is 0.256 e. The van der Waals surface area contributed by atoms with Gasteiger partial charge in [-0.2, -0.15) is 12.2 Å². The normalized spacial score (nSPS) is 13.7. The van der Waals surface area contributed by atoms with Crippen LogP contribution >= 0.6 is 0 Å². The van der Waals surface area contributed by atoms with Crippen LogP contribution in [0.25, 0.3) is 5.70 Å². The molecule has 0 aromatic heterocycles. The number of hydrogen-bond donors (Lipinski definition) is 0. The van der Waals surface area contributed by atoms with Crippen molar-refractivity contribution in [1.29, 1.82) is 0 Å². The summed E-state index contributed by atoms with van der Waals surface area (Å²) in [5, 5.41) is 0. The third-order valence-corrected chi connectivity index (χ3v) is 3.06. The van der Waals surface area contributed by atoms with Gasteiger partial charge in [0.15, 0.2) is 0 Å². The van der Waals surface area contributed by atoms with Gasteiger partial charge in [0.25, 0.3) is 6.43 Å². The van der Waals surface area contributed by atoms with Gasteiger partial charge in [-0.3, -0.25) is 0 Å². The maximum absolute atomic E-state index is 12.8. The van der Waals surface area contributed by atoms with Crippen molar-refractivity contribution >= 4 is 5.70 Å². The predicted octanol–water partition coefficient (Wildman–Crippen LogP) is 3.46. The van der Waals surface area contributed by atoms with Crippen molar-refractivity contribution in [3.63, 3.8) is 0 Å². The summed E-state index contributed by atoms with van der Waals surface area (Å²) in [6.45, 7) is 3.31. The molecule has 0 amide bonds. The second kappa shape index (κ2) is 8.09. The summed E-state index contributed by atoms with van der Waals surface area (Å²) in [4.78, 5) is 1.38. The Morgan fingerprint density at radius 3 is 2.32 bits per heavy atom. The van der Waals surface area contributed by atoms with Crippen molar-refractivity contribution in [2.75, 3.05) is 6.54 Å². The quantitative estimate of drug-likeness (QED) is 0.583. The number of halogens is 2. The monoisotopic (exact) mass is 369 g/mol. The van der Waals surface area contributed by atoms with E-state index < -0.39 is 13.0 Å². The van der Waals surface area contributed by atoms with Crippen LogP contribution in [-0.2, 0) is 32.7 Å². The summed E-state index contributed by atoms with van der Waals surface area (Å²) in [7, 11) is 0. The number of terminal acetylenes is 2. The van der Waals surface area contributed by atoms with Crippen LogP contribution < -0.4 is 0 Å². The Morgan fingerprint density at radius 1 is 1.18 bits per heavy atom. The van der Waals surface area contributed by atoms with Gasteiger partial charge in [0.1, 0.15) is 0 Å². The fourth-order valence-corrected chi connectivity index (χ4v) is 2.01. The van der Waals surface area contributed by atoms with E-state index in [9.17, 15) is 8.78 Å². The smallest absolute Gasteiger partial charge is 0.256 e. The predicted molar refractivity (Wildman–Crippen MR) is 79.8 cm³/mol. The number of nitrogens with zero attached hydrogens (tertiary/aromatic N) is 1. The number of hydrogen-bond acceptors (Lipinski definition) is 1. The summed E-state index contributed by atoms with van der Waals surface area (Å²) >= 11 is 0. The molecule has 1 nitrogen and oxygen atoms in total. The van der Waals surface area contributed by atoms with Crippen molar-refractivity contribution in [1.82, 2.24) is 4.90 Å². The summed E-state index contributed by atoms with van der Waals surface area (Å²) in [6.07, 6.45) is 12.7.